The minimum Gasteiger partial charge on any atom is -0.398 e. The molecular weight excluding hydrogens is 262 g/mol. The van der Waals surface area contributed by atoms with E-state index in [-0.39, 0.29) is 5.91 Å². The number of hydrogen-bond donors (Lipinski definition) is 1. The van der Waals surface area contributed by atoms with Gasteiger partial charge in [-0.2, -0.15) is 0 Å². The molecule has 1 saturated carbocycles. The second kappa shape index (κ2) is 5.02. The molecule has 0 atom stereocenters. The third-order valence-corrected chi connectivity index (χ3v) is 4.14. The lowest BCUT2D eigenvalue weighted by Gasteiger charge is -2.35. The molecule has 0 bridgehead atoms. The van der Waals surface area contributed by atoms with Gasteiger partial charge in [0.05, 0.1) is 5.56 Å². The molecule has 1 aliphatic carbocycles. The van der Waals surface area contributed by atoms with Crippen molar-refractivity contribution in [3.8, 4) is 0 Å². The topological polar surface area (TPSA) is 49.6 Å². The van der Waals surface area contributed by atoms with Gasteiger partial charge in [-0.3, -0.25) is 9.69 Å². The Hall–Kier alpha value is -1.26. The number of carbonyl (C=O) groups is 1. The number of anilines is 1. The Labute approximate surface area is 118 Å². The largest absolute Gasteiger partial charge is 0.398 e. The SMILES string of the molecule is Nc1cc(Cl)ccc1C(=O)N1CCN(C2CC2)CC1. The molecule has 0 aromatic heterocycles. The van der Waals surface area contributed by atoms with E-state index in [1.165, 1.54) is 12.8 Å². The highest BCUT2D eigenvalue weighted by Crippen LogP contribution is 2.28. The summed E-state index contributed by atoms with van der Waals surface area (Å²) in [5.41, 5.74) is 6.89. The zero-order valence-corrected chi connectivity index (χ0v) is 11.6. The number of nitrogen functional groups attached to an aromatic ring is 1. The third-order valence-electron chi connectivity index (χ3n) is 3.91. The first-order chi connectivity index (χ1) is 9.15. The number of piperazine rings is 1. The Morgan fingerprint density at radius 3 is 2.47 bits per heavy atom. The third kappa shape index (κ3) is 2.69. The highest BCUT2D eigenvalue weighted by atomic mass is 35.5. The van der Waals surface area contributed by atoms with E-state index in [4.69, 9.17) is 17.3 Å². The molecule has 3 rings (SSSR count). The van der Waals surface area contributed by atoms with Gasteiger partial charge in [0.1, 0.15) is 0 Å². The van der Waals surface area contributed by atoms with Crippen molar-refractivity contribution in [3.05, 3.63) is 28.8 Å². The van der Waals surface area contributed by atoms with Crippen LogP contribution >= 0.6 is 11.6 Å². The fourth-order valence-electron chi connectivity index (χ4n) is 2.63. The first-order valence-corrected chi connectivity index (χ1v) is 7.11. The summed E-state index contributed by atoms with van der Waals surface area (Å²) in [6.45, 7) is 3.53. The van der Waals surface area contributed by atoms with Crippen LogP contribution in [0.5, 0.6) is 0 Å². The number of amides is 1. The molecule has 1 saturated heterocycles. The van der Waals surface area contributed by atoms with Gasteiger partial charge in [0.25, 0.3) is 5.91 Å². The first-order valence-electron chi connectivity index (χ1n) is 6.73. The van der Waals surface area contributed by atoms with Crippen LogP contribution in [0.4, 0.5) is 5.69 Å². The van der Waals surface area contributed by atoms with Crippen molar-refractivity contribution in [2.45, 2.75) is 18.9 Å². The summed E-state index contributed by atoms with van der Waals surface area (Å²) in [7, 11) is 0. The highest BCUT2D eigenvalue weighted by Gasteiger charge is 2.32. The van der Waals surface area contributed by atoms with Gasteiger partial charge in [0.15, 0.2) is 0 Å². The summed E-state index contributed by atoms with van der Waals surface area (Å²) in [4.78, 5) is 16.8. The number of benzene rings is 1. The molecule has 4 nitrogen and oxygen atoms in total. The maximum atomic E-state index is 12.4. The fourth-order valence-corrected chi connectivity index (χ4v) is 2.81. The Kier molecular flexibility index (Phi) is 3.37. The fraction of sp³-hybridized carbons (Fsp3) is 0.500. The van der Waals surface area contributed by atoms with Gasteiger partial charge in [0.2, 0.25) is 0 Å². The van der Waals surface area contributed by atoms with Gasteiger partial charge in [-0.1, -0.05) is 11.6 Å². The Morgan fingerprint density at radius 2 is 1.89 bits per heavy atom. The lowest BCUT2D eigenvalue weighted by atomic mass is 10.1. The van der Waals surface area contributed by atoms with Crippen molar-refractivity contribution >= 4 is 23.2 Å². The summed E-state index contributed by atoms with van der Waals surface area (Å²) in [6, 6.07) is 5.84. The van der Waals surface area contributed by atoms with E-state index in [1.54, 1.807) is 18.2 Å². The van der Waals surface area contributed by atoms with Gasteiger partial charge >= 0.3 is 0 Å². The van der Waals surface area contributed by atoms with E-state index < -0.39 is 0 Å². The minimum absolute atomic E-state index is 0.0182. The Bertz CT molecular complexity index is 493. The molecule has 19 heavy (non-hydrogen) atoms. The molecule has 2 N–H and O–H groups in total. The molecule has 102 valence electrons. The second-order valence-corrected chi connectivity index (χ2v) is 5.73. The molecule has 1 aromatic carbocycles. The van der Waals surface area contributed by atoms with Crippen LogP contribution in [0.15, 0.2) is 18.2 Å². The molecule has 0 spiro atoms. The smallest absolute Gasteiger partial charge is 0.256 e. The van der Waals surface area contributed by atoms with Crippen LogP contribution in [-0.2, 0) is 0 Å². The number of nitrogens with two attached hydrogens (primary N) is 1. The van der Waals surface area contributed by atoms with E-state index in [0.29, 0.717) is 16.3 Å². The van der Waals surface area contributed by atoms with Gasteiger partial charge < -0.3 is 10.6 Å². The van der Waals surface area contributed by atoms with Crippen LogP contribution in [0.2, 0.25) is 5.02 Å². The predicted octanol–water partition coefficient (Wildman–Crippen LogP) is 1.84. The summed E-state index contributed by atoms with van der Waals surface area (Å²) in [5, 5.41) is 0.563. The van der Waals surface area contributed by atoms with Crippen molar-refractivity contribution in [2.75, 3.05) is 31.9 Å². The molecular formula is C14H18ClN3O. The summed E-state index contributed by atoms with van der Waals surface area (Å²) in [5.74, 6) is 0.0182. The van der Waals surface area contributed by atoms with Crippen LogP contribution in [-0.4, -0.2) is 47.9 Å². The number of nitrogens with zero attached hydrogens (tertiary/aromatic N) is 2. The van der Waals surface area contributed by atoms with Crippen LogP contribution in [0, 0.1) is 0 Å². The molecule has 1 heterocycles. The van der Waals surface area contributed by atoms with E-state index in [0.717, 1.165) is 32.2 Å². The summed E-state index contributed by atoms with van der Waals surface area (Å²) >= 11 is 5.86. The lowest BCUT2D eigenvalue weighted by Crippen LogP contribution is -2.49. The molecule has 2 aliphatic rings. The van der Waals surface area contributed by atoms with Gasteiger partial charge in [-0.25, -0.2) is 0 Å². The summed E-state index contributed by atoms with van der Waals surface area (Å²) in [6.07, 6.45) is 2.64. The Balaban J connectivity index is 1.67. The van der Waals surface area contributed by atoms with Crippen molar-refractivity contribution in [1.29, 1.82) is 0 Å². The van der Waals surface area contributed by atoms with E-state index in [1.807, 2.05) is 4.90 Å². The number of carbonyl (C=O) groups excluding carboxylic acids is 1. The average molecular weight is 280 g/mol. The van der Waals surface area contributed by atoms with Gasteiger partial charge in [-0.15, -0.1) is 0 Å². The molecule has 2 fully saturated rings. The Morgan fingerprint density at radius 1 is 1.21 bits per heavy atom. The van der Waals surface area contributed by atoms with Gasteiger partial charge in [0, 0.05) is 42.9 Å². The maximum Gasteiger partial charge on any atom is 0.256 e. The minimum atomic E-state index is 0.0182. The maximum absolute atomic E-state index is 12.4. The molecule has 0 radical (unpaired) electrons. The summed E-state index contributed by atoms with van der Waals surface area (Å²) < 4.78 is 0. The molecule has 1 amide bonds. The molecule has 1 aliphatic heterocycles. The van der Waals surface area contributed by atoms with Crippen molar-refractivity contribution in [1.82, 2.24) is 9.80 Å². The second-order valence-electron chi connectivity index (χ2n) is 5.29. The number of halogens is 1. The van der Waals surface area contributed by atoms with Crippen LogP contribution in [0.25, 0.3) is 0 Å². The molecule has 1 aromatic rings. The van der Waals surface area contributed by atoms with Crippen LogP contribution in [0.3, 0.4) is 0 Å². The average Bonchev–Trinajstić information content (AvgIpc) is 3.22. The molecule has 5 heteroatoms. The van der Waals surface area contributed by atoms with Crippen LogP contribution in [0.1, 0.15) is 23.2 Å². The quantitative estimate of drug-likeness (QED) is 0.841. The predicted molar refractivity (Wildman–Crippen MR) is 76.4 cm³/mol. The zero-order valence-electron chi connectivity index (χ0n) is 10.8. The number of hydrogen-bond acceptors (Lipinski definition) is 3. The highest BCUT2D eigenvalue weighted by molar-refractivity contribution is 6.31. The van der Waals surface area contributed by atoms with E-state index in [2.05, 4.69) is 4.90 Å². The van der Waals surface area contributed by atoms with E-state index in [9.17, 15) is 4.79 Å². The van der Waals surface area contributed by atoms with Crippen LogP contribution < -0.4 is 5.73 Å². The zero-order chi connectivity index (χ0) is 13.4. The van der Waals surface area contributed by atoms with Crippen molar-refractivity contribution in [2.24, 2.45) is 0 Å². The lowest BCUT2D eigenvalue weighted by molar-refractivity contribution is 0.0628. The molecule has 0 unspecified atom stereocenters. The van der Waals surface area contributed by atoms with Crippen molar-refractivity contribution in [3.63, 3.8) is 0 Å². The standard InChI is InChI=1S/C14H18ClN3O/c15-10-1-4-12(13(16)9-10)14(19)18-7-5-17(6-8-18)11-2-3-11/h1,4,9,11H,2-3,5-8,16H2. The van der Waals surface area contributed by atoms with Gasteiger partial charge in [-0.05, 0) is 31.0 Å². The first kappa shape index (κ1) is 12.8. The monoisotopic (exact) mass is 279 g/mol. The van der Waals surface area contributed by atoms with E-state index >= 15 is 0 Å². The number of rotatable bonds is 2. The normalized spacial score (nSPS) is 20.6. The van der Waals surface area contributed by atoms with Crippen molar-refractivity contribution < 1.29 is 4.79 Å².